The Morgan fingerprint density at radius 3 is 2.66 bits per heavy atom. The van der Waals surface area contributed by atoms with E-state index in [-0.39, 0.29) is 29.9 Å². The van der Waals surface area contributed by atoms with Gasteiger partial charge in [-0.2, -0.15) is 0 Å². The Bertz CT molecular complexity index is 901. The Morgan fingerprint density at radius 2 is 1.97 bits per heavy atom. The summed E-state index contributed by atoms with van der Waals surface area (Å²) >= 11 is 6.19. The van der Waals surface area contributed by atoms with Crippen molar-refractivity contribution in [3.63, 3.8) is 0 Å². The van der Waals surface area contributed by atoms with E-state index in [4.69, 9.17) is 16.3 Å². The molecule has 29 heavy (non-hydrogen) atoms. The van der Waals surface area contributed by atoms with E-state index >= 15 is 0 Å². The number of ether oxygens (including phenoxy) is 1. The minimum Gasteiger partial charge on any atom is -0.452 e. The molecule has 0 spiro atoms. The van der Waals surface area contributed by atoms with Crippen LogP contribution >= 0.6 is 11.6 Å². The van der Waals surface area contributed by atoms with Crippen molar-refractivity contribution in [2.45, 2.75) is 25.7 Å². The molecule has 1 saturated heterocycles. The summed E-state index contributed by atoms with van der Waals surface area (Å²) in [7, 11) is 0. The molecule has 0 radical (unpaired) electrons. The second-order valence-electron chi connectivity index (χ2n) is 7.01. The van der Waals surface area contributed by atoms with Crippen LogP contribution in [-0.2, 0) is 14.3 Å². The zero-order chi connectivity index (χ0) is 20.8. The monoisotopic (exact) mass is 414 g/mol. The molecule has 1 N–H and O–H groups in total. The van der Waals surface area contributed by atoms with E-state index in [1.165, 1.54) is 12.1 Å². The fraction of sp³-hybridized carbons (Fsp3) is 0.318. The third kappa shape index (κ3) is 5.35. The second-order valence-corrected chi connectivity index (χ2v) is 7.41. The molecule has 3 rings (SSSR count). The van der Waals surface area contributed by atoms with E-state index in [0.717, 1.165) is 12.0 Å². The van der Waals surface area contributed by atoms with Crippen molar-refractivity contribution >= 4 is 35.1 Å². The molecule has 1 aliphatic heterocycles. The van der Waals surface area contributed by atoms with Crippen LogP contribution in [0.4, 0.5) is 5.69 Å². The molecule has 2 aromatic carbocycles. The highest BCUT2D eigenvalue weighted by Gasteiger charge is 2.24. The van der Waals surface area contributed by atoms with Crippen LogP contribution in [0.5, 0.6) is 0 Å². The lowest BCUT2D eigenvalue weighted by molar-refractivity contribution is -0.124. The molecule has 2 aromatic rings. The van der Waals surface area contributed by atoms with Crippen LogP contribution in [0.25, 0.3) is 0 Å². The number of halogens is 1. The summed E-state index contributed by atoms with van der Waals surface area (Å²) in [6, 6.07) is 14.4. The smallest absolute Gasteiger partial charge is 0.338 e. The van der Waals surface area contributed by atoms with Crippen molar-refractivity contribution in [2.75, 3.05) is 24.6 Å². The number of benzene rings is 2. The third-order valence-electron chi connectivity index (χ3n) is 4.85. The van der Waals surface area contributed by atoms with Gasteiger partial charge >= 0.3 is 5.97 Å². The van der Waals surface area contributed by atoms with Crippen LogP contribution < -0.4 is 10.2 Å². The molecule has 0 aromatic heterocycles. The second kappa shape index (κ2) is 9.56. The highest BCUT2D eigenvalue weighted by atomic mass is 35.5. The van der Waals surface area contributed by atoms with Crippen molar-refractivity contribution in [2.24, 2.45) is 0 Å². The average molecular weight is 415 g/mol. The van der Waals surface area contributed by atoms with Crippen molar-refractivity contribution in [1.82, 2.24) is 5.32 Å². The quantitative estimate of drug-likeness (QED) is 0.703. The summed E-state index contributed by atoms with van der Waals surface area (Å²) in [5.41, 5.74) is 1.86. The van der Waals surface area contributed by atoms with E-state index < -0.39 is 5.97 Å². The highest BCUT2D eigenvalue weighted by Crippen LogP contribution is 2.30. The first kappa shape index (κ1) is 20.9. The summed E-state index contributed by atoms with van der Waals surface area (Å²) in [6.45, 7) is 2.65. The molecule has 1 aliphatic rings. The number of esters is 1. The summed E-state index contributed by atoms with van der Waals surface area (Å²) in [5.74, 6) is -0.886. The van der Waals surface area contributed by atoms with Crippen LogP contribution in [0.3, 0.4) is 0 Å². The number of hydrogen-bond donors (Lipinski definition) is 1. The Hall–Kier alpha value is -2.86. The van der Waals surface area contributed by atoms with Crippen LogP contribution in [-0.4, -0.2) is 37.5 Å². The van der Waals surface area contributed by atoms with Crippen molar-refractivity contribution in [3.05, 3.63) is 64.7 Å². The molecular formula is C22H23ClN2O4. The highest BCUT2D eigenvalue weighted by molar-refractivity contribution is 6.34. The largest absolute Gasteiger partial charge is 0.452 e. The van der Waals surface area contributed by atoms with Crippen LogP contribution in [0.2, 0.25) is 5.02 Å². The van der Waals surface area contributed by atoms with Gasteiger partial charge in [0.15, 0.2) is 6.61 Å². The average Bonchev–Trinajstić information content (AvgIpc) is 3.16. The van der Waals surface area contributed by atoms with Crippen molar-refractivity contribution < 1.29 is 19.1 Å². The predicted molar refractivity (Wildman–Crippen MR) is 111 cm³/mol. The van der Waals surface area contributed by atoms with Gasteiger partial charge in [0.25, 0.3) is 5.91 Å². The topological polar surface area (TPSA) is 75.7 Å². The first-order valence-corrected chi connectivity index (χ1v) is 9.92. The first-order chi connectivity index (χ1) is 14.0. The maximum Gasteiger partial charge on any atom is 0.338 e. The van der Waals surface area contributed by atoms with E-state index in [1.54, 1.807) is 11.0 Å². The molecule has 0 saturated carbocycles. The number of nitrogens with zero attached hydrogens (tertiary/aromatic N) is 1. The molecule has 6 nitrogen and oxygen atoms in total. The van der Waals surface area contributed by atoms with Crippen molar-refractivity contribution in [1.29, 1.82) is 0 Å². The molecule has 0 unspecified atom stereocenters. The standard InChI is InChI=1S/C22H23ClN2O4/c1-15(16-6-3-2-4-7-16)13-24-20(26)14-29-22(28)17-9-10-18(23)19(12-17)25-11-5-8-21(25)27/h2-4,6-7,9-10,12,15H,5,8,11,13-14H2,1H3,(H,24,26)/t15-/m0/s1. The van der Waals surface area contributed by atoms with E-state index in [2.05, 4.69) is 5.32 Å². The van der Waals surface area contributed by atoms with Gasteiger partial charge in [0.05, 0.1) is 16.3 Å². The van der Waals surface area contributed by atoms with Gasteiger partial charge in [-0.25, -0.2) is 4.79 Å². The Labute approximate surface area is 174 Å². The predicted octanol–water partition coefficient (Wildman–Crippen LogP) is 3.54. The number of hydrogen-bond acceptors (Lipinski definition) is 4. The van der Waals surface area contributed by atoms with E-state index in [1.807, 2.05) is 37.3 Å². The lowest BCUT2D eigenvalue weighted by atomic mass is 10.0. The van der Waals surface area contributed by atoms with Gasteiger partial charge in [-0.15, -0.1) is 0 Å². The Morgan fingerprint density at radius 1 is 1.21 bits per heavy atom. The van der Waals surface area contributed by atoms with Gasteiger partial charge in [0, 0.05) is 19.5 Å². The Kier molecular flexibility index (Phi) is 6.88. The minimum atomic E-state index is -0.638. The molecule has 1 fully saturated rings. The Balaban J connectivity index is 1.52. The van der Waals surface area contributed by atoms with Gasteiger partial charge in [-0.05, 0) is 36.1 Å². The van der Waals surface area contributed by atoms with E-state index in [0.29, 0.717) is 30.2 Å². The molecule has 2 amide bonds. The number of amides is 2. The van der Waals surface area contributed by atoms with Crippen LogP contribution in [0.1, 0.15) is 41.6 Å². The van der Waals surface area contributed by atoms with Gasteiger partial charge in [-0.3, -0.25) is 9.59 Å². The van der Waals surface area contributed by atoms with Gasteiger partial charge in [0.1, 0.15) is 0 Å². The van der Waals surface area contributed by atoms with Gasteiger partial charge in [-0.1, -0.05) is 48.9 Å². The number of nitrogens with one attached hydrogen (secondary N) is 1. The third-order valence-corrected chi connectivity index (χ3v) is 5.17. The number of carbonyl (C=O) groups is 3. The number of anilines is 1. The number of carbonyl (C=O) groups excluding carboxylic acids is 3. The molecule has 0 bridgehead atoms. The fourth-order valence-electron chi connectivity index (χ4n) is 3.18. The van der Waals surface area contributed by atoms with Crippen LogP contribution in [0, 0.1) is 0 Å². The van der Waals surface area contributed by atoms with Crippen LogP contribution in [0.15, 0.2) is 48.5 Å². The normalized spacial score (nSPS) is 14.6. The number of rotatable bonds is 7. The molecule has 7 heteroatoms. The molecule has 1 atom stereocenters. The fourth-order valence-corrected chi connectivity index (χ4v) is 3.40. The SMILES string of the molecule is C[C@@H](CNC(=O)COC(=O)c1ccc(Cl)c(N2CCCC2=O)c1)c1ccccc1. The maximum absolute atomic E-state index is 12.3. The minimum absolute atomic E-state index is 0.0238. The first-order valence-electron chi connectivity index (χ1n) is 9.54. The van der Waals surface area contributed by atoms with Crippen molar-refractivity contribution in [3.8, 4) is 0 Å². The zero-order valence-corrected chi connectivity index (χ0v) is 16.9. The zero-order valence-electron chi connectivity index (χ0n) is 16.2. The summed E-state index contributed by atoms with van der Waals surface area (Å²) < 4.78 is 5.11. The molecule has 152 valence electrons. The molecule has 1 heterocycles. The van der Waals surface area contributed by atoms with E-state index in [9.17, 15) is 14.4 Å². The summed E-state index contributed by atoms with van der Waals surface area (Å²) in [6.07, 6.45) is 1.22. The lowest BCUT2D eigenvalue weighted by Crippen LogP contribution is -2.31. The molecule has 0 aliphatic carbocycles. The summed E-state index contributed by atoms with van der Waals surface area (Å²) in [5, 5.41) is 3.16. The maximum atomic E-state index is 12.3. The molecular weight excluding hydrogens is 392 g/mol. The summed E-state index contributed by atoms with van der Waals surface area (Å²) in [4.78, 5) is 37.9. The van der Waals surface area contributed by atoms with Gasteiger partial charge < -0.3 is 15.0 Å². The lowest BCUT2D eigenvalue weighted by Gasteiger charge is -2.18. The van der Waals surface area contributed by atoms with Gasteiger partial charge in [0.2, 0.25) is 5.91 Å².